The number of para-hydroxylation sites is 4. The number of rotatable bonds is 5. The van der Waals surface area contributed by atoms with E-state index in [0.29, 0.717) is 17.5 Å². The van der Waals surface area contributed by atoms with Gasteiger partial charge in [0.2, 0.25) is 0 Å². The second-order valence-corrected chi connectivity index (χ2v) is 12.9. The Morgan fingerprint density at radius 3 is 0.980 bits per heavy atom. The molecule has 0 aliphatic heterocycles. The molecule has 0 amide bonds. The van der Waals surface area contributed by atoms with E-state index >= 15 is 0 Å². The summed E-state index contributed by atoms with van der Waals surface area (Å²) in [6.45, 7) is 2.24. The molecule has 0 fully saturated rings. The highest BCUT2D eigenvalue weighted by atomic mass is 15.0. The Balaban J connectivity index is 1.34. The van der Waals surface area contributed by atoms with Crippen LogP contribution in [0, 0.1) is 6.92 Å². The fourth-order valence-corrected chi connectivity index (χ4v) is 7.58. The standard InChI is InChI=1S/C46H31N5/c1-30-42(50-38-24-12-8-20-34(38)35-21-9-13-25-39(35)50)28-33(29-43(30)51-40-26-14-10-22-36(40)37-23-11-15-27-41(37)51)46-48-44(31-16-4-2-5-17-31)47-45(49-46)32-18-6-3-7-19-32/h2-29H,1H3. The molecule has 10 aromatic rings. The second-order valence-electron chi connectivity index (χ2n) is 12.9. The lowest BCUT2D eigenvalue weighted by atomic mass is 10.0. The summed E-state index contributed by atoms with van der Waals surface area (Å²) in [7, 11) is 0. The van der Waals surface area contributed by atoms with Crippen molar-refractivity contribution in [3.05, 3.63) is 175 Å². The fourth-order valence-electron chi connectivity index (χ4n) is 7.58. The first-order valence-corrected chi connectivity index (χ1v) is 17.2. The molecule has 5 nitrogen and oxygen atoms in total. The van der Waals surface area contributed by atoms with Crippen molar-refractivity contribution in [3.8, 4) is 45.5 Å². The normalized spacial score (nSPS) is 11.6. The van der Waals surface area contributed by atoms with Gasteiger partial charge < -0.3 is 9.13 Å². The lowest BCUT2D eigenvalue weighted by Crippen LogP contribution is -2.06. The van der Waals surface area contributed by atoms with Gasteiger partial charge in [0.15, 0.2) is 17.5 Å². The van der Waals surface area contributed by atoms with E-state index in [1.54, 1.807) is 0 Å². The Kier molecular flexibility index (Phi) is 6.64. The van der Waals surface area contributed by atoms with Crippen LogP contribution in [-0.4, -0.2) is 24.1 Å². The van der Waals surface area contributed by atoms with Crippen molar-refractivity contribution in [1.82, 2.24) is 24.1 Å². The van der Waals surface area contributed by atoms with Gasteiger partial charge in [-0.15, -0.1) is 0 Å². The molecule has 0 aliphatic rings. The van der Waals surface area contributed by atoms with Gasteiger partial charge in [0.25, 0.3) is 0 Å². The van der Waals surface area contributed by atoms with E-state index in [1.807, 2.05) is 36.4 Å². The quantitative estimate of drug-likeness (QED) is 0.186. The molecule has 0 atom stereocenters. The highest BCUT2D eigenvalue weighted by molar-refractivity contribution is 6.11. The van der Waals surface area contributed by atoms with Crippen LogP contribution in [0.15, 0.2) is 170 Å². The van der Waals surface area contributed by atoms with E-state index in [4.69, 9.17) is 15.0 Å². The van der Waals surface area contributed by atoms with Crippen LogP contribution in [0.3, 0.4) is 0 Å². The molecule has 0 N–H and O–H groups in total. The Morgan fingerprint density at radius 1 is 0.333 bits per heavy atom. The summed E-state index contributed by atoms with van der Waals surface area (Å²) in [5, 5.41) is 4.87. The zero-order valence-electron chi connectivity index (χ0n) is 27.9. The van der Waals surface area contributed by atoms with Gasteiger partial charge in [-0.1, -0.05) is 133 Å². The van der Waals surface area contributed by atoms with E-state index < -0.39 is 0 Å². The molecule has 5 heteroatoms. The van der Waals surface area contributed by atoms with Crippen molar-refractivity contribution < 1.29 is 0 Å². The maximum atomic E-state index is 5.18. The molecule has 0 bridgehead atoms. The average Bonchev–Trinajstić information content (AvgIpc) is 3.72. The Labute approximate surface area is 294 Å². The maximum Gasteiger partial charge on any atom is 0.164 e. The van der Waals surface area contributed by atoms with E-state index in [2.05, 4.69) is 150 Å². The fraction of sp³-hybridized carbons (Fsp3) is 0.0217. The van der Waals surface area contributed by atoms with Gasteiger partial charge >= 0.3 is 0 Å². The van der Waals surface area contributed by atoms with Crippen molar-refractivity contribution in [2.45, 2.75) is 6.92 Å². The Hall–Kier alpha value is -6.85. The molecule has 0 radical (unpaired) electrons. The largest absolute Gasteiger partial charge is 0.309 e. The summed E-state index contributed by atoms with van der Waals surface area (Å²) >= 11 is 0. The van der Waals surface area contributed by atoms with Gasteiger partial charge in [-0.05, 0) is 48.9 Å². The number of hydrogen-bond acceptors (Lipinski definition) is 3. The van der Waals surface area contributed by atoms with E-state index in [1.165, 1.54) is 21.5 Å². The minimum Gasteiger partial charge on any atom is -0.309 e. The summed E-state index contributed by atoms with van der Waals surface area (Å²) in [6, 6.07) is 59.5. The number of benzene rings is 7. The highest BCUT2D eigenvalue weighted by Gasteiger charge is 2.22. The molecule has 0 spiro atoms. The van der Waals surface area contributed by atoms with Crippen LogP contribution in [0.5, 0.6) is 0 Å². The van der Waals surface area contributed by atoms with Crippen LogP contribution in [0.2, 0.25) is 0 Å². The Morgan fingerprint density at radius 2 is 0.627 bits per heavy atom. The summed E-state index contributed by atoms with van der Waals surface area (Å²) in [6.07, 6.45) is 0. The first kappa shape index (κ1) is 29.1. The van der Waals surface area contributed by atoms with Gasteiger partial charge in [-0.25, -0.2) is 15.0 Å². The molecule has 0 aliphatic carbocycles. The van der Waals surface area contributed by atoms with E-state index in [0.717, 1.165) is 55.7 Å². The molecule has 0 saturated carbocycles. The Bertz CT molecular complexity index is 2620. The minimum atomic E-state index is 0.617. The first-order chi connectivity index (χ1) is 25.2. The molecule has 0 unspecified atom stereocenters. The highest BCUT2D eigenvalue weighted by Crippen LogP contribution is 2.40. The van der Waals surface area contributed by atoms with Crippen molar-refractivity contribution in [2.75, 3.05) is 0 Å². The molecule has 10 rings (SSSR count). The zero-order chi connectivity index (χ0) is 33.9. The molecule has 0 saturated heterocycles. The third kappa shape index (κ3) is 4.67. The third-order valence-electron chi connectivity index (χ3n) is 9.95. The van der Waals surface area contributed by atoms with Crippen molar-refractivity contribution in [2.24, 2.45) is 0 Å². The van der Waals surface area contributed by atoms with E-state index in [9.17, 15) is 0 Å². The second kappa shape index (κ2) is 11.6. The van der Waals surface area contributed by atoms with Crippen LogP contribution in [0.4, 0.5) is 0 Å². The summed E-state index contributed by atoms with van der Waals surface area (Å²) < 4.78 is 4.80. The average molecular weight is 654 g/mol. The third-order valence-corrected chi connectivity index (χ3v) is 9.95. The molecule has 3 aromatic heterocycles. The summed E-state index contributed by atoms with van der Waals surface area (Å²) in [5.41, 5.74) is 10.7. The van der Waals surface area contributed by atoms with Crippen molar-refractivity contribution in [1.29, 1.82) is 0 Å². The monoisotopic (exact) mass is 653 g/mol. The van der Waals surface area contributed by atoms with Gasteiger partial charge in [-0.3, -0.25) is 0 Å². The molecule has 3 heterocycles. The van der Waals surface area contributed by atoms with Gasteiger partial charge in [0, 0.05) is 38.2 Å². The SMILES string of the molecule is Cc1c(-n2c3ccccc3c3ccccc32)cc(-c2nc(-c3ccccc3)nc(-c3ccccc3)n2)cc1-n1c2ccccc2c2ccccc21. The van der Waals surface area contributed by atoms with Crippen LogP contribution < -0.4 is 0 Å². The maximum absolute atomic E-state index is 5.18. The van der Waals surface area contributed by atoms with E-state index in [-0.39, 0.29) is 0 Å². The molecular formula is C46H31N5. The molecule has 7 aromatic carbocycles. The number of hydrogen-bond donors (Lipinski definition) is 0. The summed E-state index contributed by atoms with van der Waals surface area (Å²) in [4.78, 5) is 15.4. The van der Waals surface area contributed by atoms with Crippen LogP contribution >= 0.6 is 0 Å². The van der Waals surface area contributed by atoms with Gasteiger partial charge in [0.1, 0.15) is 0 Å². The summed E-state index contributed by atoms with van der Waals surface area (Å²) in [5.74, 6) is 1.89. The molecule has 51 heavy (non-hydrogen) atoms. The van der Waals surface area contributed by atoms with Gasteiger partial charge in [0.05, 0.1) is 33.4 Å². The topological polar surface area (TPSA) is 48.5 Å². The number of aromatic nitrogens is 5. The lowest BCUT2D eigenvalue weighted by molar-refractivity contribution is 1.06. The van der Waals surface area contributed by atoms with Crippen molar-refractivity contribution in [3.63, 3.8) is 0 Å². The van der Waals surface area contributed by atoms with Crippen LogP contribution in [-0.2, 0) is 0 Å². The molecular weight excluding hydrogens is 623 g/mol. The first-order valence-electron chi connectivity index (χ1n) is 17.2. The predicted octanol–water partition coefficient (Wildman–Crippen LogP) is 11.4. The number of nitrogens with zero attached hydrogens (tertiary/aromatic N) is 5. The van der Waals surface area contributed by atoms with Crippen LogP contribution in [0.25, 0.3) is 89.2 Å². The minimum absolute atomic E-state index is 0.617. The smallest absolute Gasteiger partial charge is 0.164 e. The van der Waals surface area contributed by atoms with Crippen molar-refractivity contribution >= 4 is 43.6 Å². The predicted molar refractivity (Wildman–Crippen MR) is 210 cm³/mol. The number of fused-ring (bicyclic) bond motifs is 6. The van der Waals surface area contributed by atoms with Gasteiger partial charge in [-0.2, -0.15) is 0 Å². The zero-order valence-corrected chi connectivity index (χ0v) is 27.9. The molecule has 240 valence electrons. The van der Waals surface area contributed by atoms with Crippen LogP contribution in [0.1, 0.15) is 5.56 Å². The lowest BCUT2D eigenvalue weighted by Gasteiger charge is -2.19.